The van der Waals surface area contributed by atoms with E-state index in [1.165, 1.54) is 11.1 Å². The van der Waals surface area contributed by atoms with Crippen LogP contribution in [0, 0.1) is 6.92 Å². The van der Waals surface area contributed by atoms with E-state index in [1.807, 2.05) is 0 Å². The van der Waals surface area contributed by atoms with Gasteiger partial charge in [0.15, 0.2) is 0 Å². The Hall–Kier alpha value is -1.59. The maximum Gasteiger partial charge on any atom is 0.315 e. The van der Waals surface area contributed by atoms with Crippen molar-refractivity contribution in [1.29, 1.82) is 0 Å². The van der Waals surface area contributed by atoms with Crippen molar-refractivity contribution in [3.63, 3.8) is 0 Å². The van der Waals surface area contributed by atoms with E-state index in [9.17, 15) is 9.90 Å². The van der Waals surface area contributed by atoms with E-state index < -0.39 is 5.54 Å². The molecule has 0 atom stereocenters. The summed E-state index contributed by atoms with van der Waals surface area (Å²) in [5, 5.41) is 15.8. The molecule has 2 aliphatic rings. The van der Waals surface area contributed by atoms with Crippen LogP contribution in [0.1, 0.15) is 49.7 Å². The summed E-state index contributed by atoms with van der Waals surface area (Å²) >= 11 is 0. The normalized spacial score (nSPS) is 21.7. The third kappa shape index (κ3) is 3.98. The molecule has 25 heavy (non-hydrogen) atoms. The molecule has 0 radical (unpaired) electrons. The minimum absolute atomic E-state index is 0.0111. The molecule has 5 heteroatoms. The Morgan fingerprint density at radius 3 is 2.48 bits per heavy atom. The number of carbonyl (C=O) groups excluding carboxylic acids is 1. The van der Waals surface area contributed by atoms with Crippen molar-refractivity contribution < 1.29 is 14.6 Å². The van der Waals surface area contributed by atoms with Crippen molar-refractivity contribution in [2.45, 2.75) is 56.4 Å². The van der Waals surface area contributed by atoms with Gasteiger partial charge in [-0.3, -0.25) is 0 Å². The van der Waals surface area contributed by atoms with Gasteiger partial charge in [-0.05, 0) is 43.7 Å². The van der Waals surface area contributed by atoms with Crippen LogP contribution in [-0.2, 0) is 10.2 Å². The van der Waals surface area contributed by atoms with Gasteiger partial charge in [0.1, 0.15) is 0 Å². The summed E-state index contributed by atoms with van der Waals surface area (Å²) in [5.41, 5.74) is 2.05. The van der Waals surface area contributed by atoms with Crippen LogP contribution in [0.2, 0.25) is 0 Å². The molecular formula is C20H30N2O3. The summed E-state index contributed by atoms with van der Waals surface area (Å²) in [7, 11) is 0. The van der Waals surface area contributed by atoms with Crippen LogP contribution in [0.25, 0.3) is 0 Å². The quantitative estimate of drug-likeness (QED) is 0.768. The molecule has 1 saturated heterocycles. The lowest BCUT2D eigenvalue weighted by molar-refractivity contribution is 0.0502. The van der Waals surface area contributed by atoms with Crippen LogP contribution in [0.5, 0.6) is 0 Å². The molecule has 138 valence electrons. The molecule has 1 heterocycles. The molecule has 2 amide bonds. The summed E-state index contributed by atoms with van der Waals surface area (Å²) < 4.78 is 5.57. The lowest BCUT2D eigenvalue weighted by Gasteiger charge is -2.39. The molecule has 1 aliphatic carbocycles. The second-order valence-electron chi connectivity index (χ2n) is 7.66. The van der Waals surface area contributed by atoms with Gasteiger partial charge < -0.3 is 20.5 Å². The predicted molar refractivity (Wildman–Crippen MR) is 97.7 cm³/mol. The van der Waals surface area contributed by atoms with Crippen LogP contribution >= 0.6 is 0 Å². The number of amides is 2. The number of rotatable bonds is 5. The van der Waals surface area contributed by atoms with Crippen LogP contribution in [-0.4, -0.2) is 43.0 Å². The average molecular weight is 346 g/mol. The van der Waals surface area contributed by atoms with Crippen molar-refractivity contribution in [1.82, 2.24) is 10.6 Å². The highest BCUT2D eigenvalue weighted by molar-refractivity contribution is 5.75. The van der Waals surface area contributed by atoms with Crippen LogP contribution < -0.4 is 10.6 Å². The molecule has 2 fully saturated rings. The maximum absolute atomic E-state index is 12.5. The molecule has 0 spiro atoms. The van der Waals surface area contributed by atoms with Gasteiger partial charge in [-0.2, -0.15) is 0 Å². The van der Waals surface area contributed by atoms with E-state index >= 15 is 0 Å². The Morgan fingerprint density at radius 2 is 1.84 bits per heavy atom. The fraction of sp³-hybridized carbons (Fsp3) is 0.650. The fourth-order valence-electron chi connectivity index (χ4n) is 4.38. The molecule has 1 aromatic carbocycles. The van der Waals surface area contributed by atoms with E-state index in [0.717, 1.165) is 51.7 Å². The van der Waals surface area contributed by atoms with Gasteiger partial charge in [0, 0.05) is 25.2 Å². The van der Waals surface area contributed by atoms with Gasteiger partial charge in [0.2, 0.25) is 0 Å². The van der Waals surface area contributed by atoms with E-state index in [-0.39, 0.29) is 18.1 Å². The maximum atomic E-state index is 12.5. The number of ether oxygens (including phenoxy) is 1. The number of carbonyl (C=O) groups is 1. The van der Waals surface area contributed by atoms with Crippen LogP contribution in [0.3, 0.4) is 0 Å². The number of hydrogen-bond donors (Lipinski definition) is 3. The highest BCUT2D eigenvalue weighted by Gasteiger charge is 2.38. The molecular weight excluding hydrogens is 316 g/mol. The minimum atomic E-state index is -0.435. The largest absolute Gasteiger partial charge is 0.394 e. The lowest BCUT2D eigenvalue weighted by atomic mass is 9.72. The zero-order valence-corrected chi connectivity index (χ0v) is 15.1. The number of nitrogens with one attached hydrogen (secondary N) is 2. The summed E-state index contributed by atoms with van der Waals surface area (Å²) in [6.45, 7) is 4.17. The van der Waals surface area contributed by atoms with Crippen molar-refractivity contribution >= 4 is 6.03 Å². The van der Waals surface area contributed by atoms with Crippen molar-refractivity contribution in [3.8, 4) is 0 Å². The molecule has 5 nitrogen and oxygen atoms in total. The molecule has 3 N–H and O–H groups in total. The molecule has 1 aliphatic heterocycles. The molecule has 0 aromatic heterocycles. The minimum Gasteiger partial charge on any atom is -0.394 e. The van der Waals surface area contributed by atoms with Crippen LogP contribution in [0.15, 0.2) is 24.3 Å². The first kappa shape index (κ1) is 18.2. The summed E-state index contributed by atoms with van der Waals surface area (Å²) in [6.07, 6.45) is 5.64. The van der Waals surface area contributed by atoms with E-state index in [4.69, 9.17) is 4.74 Å². The fourth-order valence-corrected chi connectivity index (χ4v) is 4.38. The predicted octanol–water partition coefficient (Wildman–Crippen LogP) is 2.65. The van der Waals surface area contributed by atoms with Crippen molar-refractivity contribution in [2.75, 3.05) is 26.4 Å². The standard InChI is InChI=1S/C20H30N2O3/c1-16-6-2-3-7-17(16)19(10-12-25-13-11-19)14-21-18(24)22-20(15-23)8-4-5-9-20/h2-3,6-7,23H,4-5,8-15H2,1H3,(H2,21,22,24). The number of aliphatic hydroxyl groups is 1. The Bertz CT molecular complexity index is 590. The third-order valence-electron chi connectivity index (χ3n) is 6.00. The Morgan fingerprint density at radius 1 is 1.16 bits per heavy atom. The summed E-state index contributed by atoms with van der Waals surface area (Å²) in [6, 6.07) is 8.25. The second kappa shape index (κ2) is 7.75. The van der Waals surface area contributed by atoms with Gasteiger partial charge >= 0.3 is 6.03 Å². The second-order valence-corrected chi connectivity index (χ2v) is 7.66. The molecule has 3 rings (SSSR count). The van der Waals surface area contributed by atoms with Gasteiger partial charge in [-0.15, -0.1) is 0 Å². The van der Waals surface area contributed by atoms with E-state index in [0.29, 0.717) is 6.54 Å². The van der Waals surface area contributed by atoms with Crippen molar-refractivity contribution in [2.24, 2.45) is 0 Å². The molecule has 1 saturated carbocycles. The van der Waals surface area contributed by atoms with Gasteiger partial charge in [-0.25, -0.2) is 4.79 Å². The Kier molecular flexibility index (Phi) is 5.64. The van der Waals surface area contributed by atoms with Gasteiger partial charge in [0.25, 0.3) is 0 Å². The molecule has 1 aromatic rings. The SMILES string of the molecule is Cc1ccccc1C1(CNC(=O)NC2(CO)CCCC2)CCOCC1. The number of aliphatic hydroxyl groups excluding tert-OH is 1. The molecule has 0 unspecified atom stereocenters. The first-order valence-electron chi connectivity index (χ1n) is 9.40. The number of urea groups is 1. The highest BCUT2D eigenvalue weighted by atomic mass is 16.5. The lowest BCUT2D eigenvalue weighted by Crippen LogP contribution is -2.55. The topological polar surface area (TPSA) is 70.6 Å². The third-order valence-corrected chi connectivity index (χ3v) is 6.00. The zero-order valence-electron chi connectivity index (χ0n) is 15.1. The van der Waals surface area contributed by atoms with Gasteiger partial charge in [-0.1, -0.05) is 37.1 Å². The number of benzene rings is 1. The molecule has 0 bridgehead atoms. The van der Waals surface area contributed by atoms with Crippen molar-refractivity contribution in [3.05, 3.63) is 35.4 Å². The first-order valence-corrected chi connectivity index (χ1v) is 9.40. The smallest absolute Gasteiger partial charge is 0.315 e. The summed E-state index contributed by atoms with van der Waals surface area (Å²) in [5.74, 6) is 0. The monoisotopic (exact) mass is 346 g/mol. The highest BCUT2D eigenvalue weighted by Crippen LogP contribution is 2.36. The zero-order chi connectivity index (χ0) is 17.8. The number of hydrogen-bond acceptors (Lipinski definition) is 3. The van der Waals surface area contributed by atoms with E-state index in [2.05, 4.69) is 41.8 Å². The van der Waals surface area contributed by atoms with Gasteiger partial charge in [0.05, 0.1) is 12.1 Å². The average Bonchev–Trinajstić information content (AvgIpc) is 3.10. The number of aryl methyl sites for hydroxylation is 1. The van der Waals surface area contributed by atoms with Crippen LogP contribution in [0.4, 0.5) is 4.79 Å². The van der Waals surface area contributed by atoms with E-state index in [1.54, 1.807) is 0 Å². The summed E-state index contributed by atoms with van der Waals surface area (Å²) in [4.78, 5) is 12.5. The Labute approximate surface area is 150 Å². The Balaban J connectivity index is 1.69. The first-order chi connectivity index (χ1) is 12.1.